The van der Waals surface area contributed by atoms with Crippen molar-refractivity contribution in [3.63, 3.8) is 0 Å². The zero-order chi connectivity index (χ0) is 17.2. The minimum Gasteiger partial charge on any atom is -0.460 e. The van der Waals surface area contributed by atoms with Crippen molar-refractivity contribution in [2.45, 2.75) is 32.6 Å². The molecule has 1 aliphatic heterocycles. The van der Waals surface area contributed by atoms with Crippen LogP contribution in [0.15, 0.2) is 41.1 Å². The number of fused-ring (bicyclic) bond motifs is 1. The maximum atomic E-state index is 13.1. The minimum atomic E-state index is 0.109. The summed E-state index contributed by atoms with van der Waals surface area (Å²) in [6.45, 7) is 3.63. The van der Waals surface area contributed by atoms with E-state index in [1.165, 1.54) is 0 Å². The first-order valence-corrected chi connectivity index (χ1v) is 9.04. The van der Waals surface area contributed by atoms with Gasteiger partial charge < -0.3 is 14.3 Å². The van der Waals surface area contributed by atoms with Gasteiger partial charge in [0.15, 0.2) is 0 Å². The fraction of sp³-hybridized carbons (Fsp3) is 0.400. The second kappa shape index (κ2) is 6.75. The number of hydrogen-bond acceptors (Lipinski definition) is 3. The molecule has 1 saturated heterocycles. The maximum absolute atomic E-state index is 13.1. The number of amides is 1. The van der Waals surface area contributed by atoms with Crippen LogP contribution in [0, 0.1) is 5.92 Å². The highest BCUT2D eigenvalue weighted by Gasteiger charge is 2.28. The van der Waals surface area contributed by atoms with Crippen LogP contribution in [-0.2, 0) is 12.8 Å². The third-order valence-electron chi connectivity index (χ3n) is 5.14. The van der Waals surface area contributed by atoms with Crippen LogP contribution in [0.5, 0.6) is 0 Å². The first-order chi connectivity index (χ1) is 12.3. The predicted octanol–water partition coefficient (Wildman–Crippen LogP) is 3.81. The second-order valence-electron chi connectivity index (χ2n) is 6.73. The number of nitrogens with one attached hydrogen (secondary N) is 1. The Morgan fingerprint density at radius 2 is 2.12 bits per heavy atom. The molecule has 3 heterocycles. The largest absolute Gasteiger partial charge is 0.460 e. The Morgan fingerprint density at radius 1 is 1.32 bits per heavy atom. The number of rotatable bonds is 4. The Balaban J connectivity index is 1.49. The monoisotopic (exact) mass is 337 g/mol. The van der Waals surface area contributed by atoms with Gasteiger partial charge in [-0.25, -0.2) is 4.98 Å². The quantitative estimate of drug-likeness (QED) is 0.787. The molecule has 0 aliphatic carbocycles. The van der Waals surface area contributed by atoms with Crippen LogP contribution in [0.2, 0.25) is 0 Å². The van der Waals surface area contributed by atoms with Gasteiger partial charge in [-0.2, -0.15) is 0 Å². The molecule has 2 aromatic heterocycles. The lowest BCUT2D eigenvalue weighted by Gasteiger charge is -2.31. The van der Waals surface area contributed by atoms with Crippen LogP contribution in [-0.4, -0.2) is 33.9 Å². The third-order valence-corrected chi connectivity index (χ3v) is 5.14. The smallest absolute Gasteiger partial charge is 0.258 e. The standard InChI is InChI=1S/C20H23N3O2/c1-2-16-19(15-5-3-4-6-17(15)25-16)20(24)23-11-7-14(8-12-23)13-18-21-9-10-22-18/h3-6,9-10,14H,2,7-8,11-13H2,1H3,(H,21,22). The number of nitrogens with zero attached hydrogens (tertiary/aromatic N) is 2. The second-order valence-corrected chi connectivity index (χ2v) is 6.73. The number of furan rings is 1. The molecule has 1 aliphatic rings. The lowest BCUT2D eigenvalue weighted by atomic mass is 9.92. The van der Waals surface area contributed by atoms with Gasteiger partial charge in [-0.3, -0.25) is 4.79 Å². The van der Waals surface area contributed by atoms with E-state index in [-0.39, 0.29) is 5.91 Å². The molecule has 5 nitrogen and oxygen atoms in total. The molecule has 1 fully saturated rings. The molecule has 1 amide bonds. The molecule has 0 spiro atoms. The molecular formula is C20H23N3O2. The highest BCUT2D eigenvalue weighted by atomic mass is 16.3. The lowest BCUT2D eigenvalue weighted by Crippen LogP contribution is -2.39. The van der Waals surface area contributed by atoms with Gasteiger partial charge in [0.2, 0.25) is 0 Å². The van der Waals surface area contributed by atoms with E-state index < -0.39 is 0 Å². The number of benzene rings is 1. The van der Waals surface area contributed by atoms with Crippen molar-refractivity contribution in [3.8, 4) is 0 Å². The van der Waals surface area contributed by atoms with E-state index in [0.29, 0.717) is 5.92 Å². The van der Waals surface area contributed by atoms with Crippen molar-refractivity contribution >= 4 is 16.9 Å². The van der Waals surface area contributed by atoms with E-state index in [4.69, 9.17) is 4.42 Å². The van der Waals surface area contributed by atoms with Gasteiger partial charge in [0.1, 0.15) is 17.2 Å². The van der Waals surface area contributed by atoms with Crippen LogP contribution in [0.4, 0.5) is 0 Å². The average molecular weight is 337 g/mol. The molecule has 3 aromatic rings. The molecule has 25 heavy (non-hydrogen) atoms. The van der Waals surface area contributed by atoms with Gasteiger partial charge in [0, 0.05) is 43.7 Å². The molecule has 5 heteroatoms. The van der Waals surface area contributed by atoms with Crippen molar-refractivity contribution in [1.29, 1.82) is 0 Å². The van der Waals surface area contributed by atoms with Crippen molar-refractivity contribution < 1.29 is 9.21 Å². The summed E-state index contributed by atoms with van der Waals surface area (Å²) in [7, 11) is 0. The number of carbonyl (C=O) groups is 1. The first kappa shape index (κ1) is 15.9. The highest BCUT2D eigenvalue weighted by molar-refractivity contribution is 6.07. The molecule has 130 valence electrons. The van der Waals surface area contributed by atoms with Crippen molar-refractivity contribution in [1.82, 2.24) is 14.9 Å². The summed E-state index contributed by atoms with van der Waals surface area (Å²) >= 11 is 0. The zero-order valence-corrected chi connectivity index (χ0v) is 14.5. The van der Waals surface area contributed by atoms with E-state index >= 15 is 0 Å². The molecular weight excluding hydrogens is 314 g/mol. The van der Waals surface area contributed by atoms with Gasteiger partial charge in [0.05, 0.1) is 5.56 Å². The number of aromatic amines is 1. The van der Waals surface area contributed by atoms with Gasteiger partial charge in [-0.05, 0) is 24.8 Å². The number of imidazole rings is 1. The Hall–Kier alpha value is -2.56. The van der Waals surface area contributed by atoms with Crippen molar-refractivity contribution in [3.05, 3.63) is 53.8 Å². The number of carbonyl (C=O) groups excluding carboxylic acids is 1. The Kier molecular flexibility index (Phi) is 4.30. The molecule has 0 unspecified atom stereocenters. The number of aryl methyl sites for hydroxylation is 1. The van der Waals surface area contributed by atoms with E-state index in [1.54, 1.807) is 6.20 Å². The van der Waals surface area contributed by atoms with E-state index in [9.17, 15) is 4.79 Å². The normalized spacial score (nSPS) is 15.8. The van der Waals surface area contributed by atoms with Gasteiger partial charge in [0.25, 0.3) is 5.91 Å². The molecule has 4 rings (SSSR count). The van der Waals surface area contributed by atoms with E-state index in [1.807, 2.05) is 42.3 Å². The highest BCUT2D eigenvalue weighted by Crippen LogP contribution is 2.29. The topological polar surface area (TPSA) is 62.1 Å². The fourth-order valence-electron chi connectivity index (χ4n) is 3.76. The van der Waals surface area contributed by atoms with Gasteiger partial charge >= 0.3 is 0 Å². The van der Waals surface area contributed by atoms with Crippen LogP contribution in [0.25, 0.3) is 11.0 Å². The Morgan fingerprint density at radius 3 is 2.84 bits per heavy atom. The molecule has 1 N–H and O–H groups in total. The molecule has 0 saturated carbocycles. The van der Waals surface area contributed by atoms with Crippen LogP contribution < -0.4 is 0 Å². The van der Waals surface area contributed by atoms with Crippen LogP contribution in [0.1, 0.15) is 41.7 Å². The van der Waals surface area contributed by atoms with Crippen LogP contribution >= 0.6 is 0 Å². The number of piperidine rings is 1. The summed E-state index contributed by atoms with van der Waals surface area (Å²) in [4.78, 5) is 22.6. The van der Waals surface area contributed by atoms with Crippen LogP contribution in [0.3, 0.4) is 0 Å². The maximum Gasteiger partial charge on any atom is 0.258 e. The molecule has 0 bridgehead atoms. The Bertz CT molecular complexity index is 858. The van der Waals surface area contributed by atoms with E-state index in [2.05, 4.69) is 9.97 Å². The van der Waals surface area contributed by atoms with Crippen molar-refractivity contribution in [2.24, 2.45) is 5.92 Å². The SMILES string of the molecule is CCc1oc2ccccc2c1C(=O)N1CCC(Cc2ncc[nH]2)CC1. The van der Waals surface area contributed by atoms with Gasteiger partial charge in [-0.1, -0.05) is 25.1 Å². The molecule has 0 radical (unpaired) electrons. The third kappa shape index (κ3) is 3.06. The van der Waals surface area contributed by atoms with Gasteiger partial charge in [-0.15, -0.1) is 0 Å². The molecule has 1 aromatic carbocycles. The fourth-order valence-corrected chi connectivity index (χ4v) is 3.76. The number of para-hydroxylation sites is 1. The zero-order valence-electron chi connectivity index (χ0n) is 14.5. The summed E-state index contributed by atoms with van der Waals surface area (Å²) < 4.78 is 5.89. The minimum absolute atomic E-state index is 0.109. The summed E-state index contributed by atoms with van der Waals surface area (Å²) in [6.07, 6.45) is 7.39. The summed E-state index contributed by atoms with van der Waals surface area (Å²) in [5.74, 6) is 2.53. The van der Waals surface area contributed by atoms with E-state index in [0.717, 1.165) is 66.9 Å². The summed E-state index contributed by atoms with van der Waals surface area (Å²) in [6, 6.07) is 7.82. The van der Waals surface area contributed by atoms with Crippen molar-refractivity contribution in [2.75, 3.05) is 13.1 Å². The number of aromatic nitrogens is 2. The number of likely N-dealkylation sites (tertiary alicyclic amines) is 1. The first-order valence-electron chi connectivity index (χ1n) is 9.04. The Labute approximate surface area is 147 Å². The number of hydrogen-bond donors (Lipinski definition) is 1. The lowest BCUT2D eigenvalue weighted by molar-refractivity contribution is 0.0689. The number of H-pyrrole nitrogens is 1. The summed E-state index contributed by atoms with van der Waals surface area (Å²) in [5, 5.41) is 0.932. The average Bonchev–Trinajstić information content (AvgIpc) is 3.28. The summed E-state index contributed by atoms with van der Waals surface area (Å²) in [5.41, 5.74) is 1.55. The predicted molar refractivity (Wildman–Crippen MR) is 96.5 cm³/mol. The molecule has 0 atom stereocenters.